The van der Waals surface area contributed by atoms with E-state index in [4.69, 9.17) is 11.5 Å². The lowest BCUT2D eigenvalue weighted by Crippen LogP contribution is -2.33. The third-order valence-electron chi connectivity index (χ3n) is 5.21. The summed E-state index contributed by atoms with van der Waals surface area (Å²) in [5, 5.41) is 2.97. The predicted molar refractivity (Wildman–Crippen MR) is 104 cm³/mol. The van der Waals surface area contributed by atoms with Gasteiger partial charge in [-0.15, -0.1) is 0 Å². The number of amides is 2. The molecule has 1 saturated heterocycles. The molecule has 0 spiro atoms. The molecule has 25 heavy (non-hydrogen) atoms. The zero-order chi connectivity index (χ0) is 17.8. The number of rotatable bonds is 4. The highest BCUT2D eigenvalue weighted by molar-refractivity contribution is 5.94. The zero-order valence-electron chi connectivity index (χ0n) is 14.4. The number of nitrogens with two attached hydrogens (primary N) is 2. The van der Waals surface area contributed by atoms with Crippen molar-refractivity contribution < 1.29 is 4.79 Å². The van der Waals surface area contributed by atoms with Crippen LogP contribution in [0, 0.1) is 11.8 Å². The lowest BCUT2D eigenvalue weighted by atomic mass is 10.0. The lowest BCUT2D eigenvalue weighted by molar-refractivity contribution is 0.219. The van der Waals surface area contributed by atoms with Crippen LogP contribution < -0.4 is 16.8 Å². The summed E-state index contributed by atoms with van der Waals surface area (Å²) in [5.74, 6) is 1.34. The molecular weight excluding hydrogens is 312 g/mol. The number of urea groups is 1. The van der Waals surface area contributed by atoms with E-state index in [0.717, 1.165) is 24.2 Å². The van der Waals surface area contributed by atoms with Crippen molar-refractivity contribution in [3.8, 4) is 0 Å². The highest BCUT2D eigenvalue weighted by Crippen LogP contribution is 2.38. The first-order valence-electron chi connectivity index (χ1n) is 8.79. The van der Waals surface area contributed by atoms with Crippen molar-refractivity contribution in [3.05, 3.63) is 54.8 Å². The summed E-state index contributed by atoms with van der Waals surface area (Å²) in [6.45, 7) is 5.43. The summed E-state index contributed by atoms with van der Waals surface area (Å²) in [7, 11) is 0. The molecule has 0 bridgehead atoms. The maximum absolute atomic E-state index is 12.6. The fourth-order valence-corrected chi connectivity index (χ4v) is 3.92. The molecule has 1 aliphatic heterocycles. The smallest absolute Gasteiger partial charge is 0.321 e. The Hall–Kier alpha value is -2.69. The first-order chi connectivity index (χ1) is 12.1. The highest BCUT2D eigenvalue weighted by Gasteiger charge is 2.38. The molecule has 5 N–H and O–H groups in total. The molecule has 1 aromatic carbocycles. The van der Waals surface area contributed by atoms with E-state index in [0.29, 0.717) is 23.2 Å². The van der Waals surface area contributed by atoms with Gasteiger partial charge in [-0.25, -0.2) is 4.79 Å². The first-order valence-corrected chi connectivity index (χ1v) is 8.79. The van der Waals surface area contributed by atoms with Gasteiger partial charge in [0.05, 0.1) is 11.4 Å². The molecule has 1 heterocycles. The Morgan fingerprint density at radius 2 is 2.00 bits per heavy atom. The fraction of sp³-hybridized carbons (Fsp3) is 0.350. The van der Waals surface area contributed by atoms with Crippen LogP contribution in [0.25, 0.3) is 5.57 Å². The van der Waals surface area contributed by atoms with Crippen molar-refractivity contribution in [2.24, 2.45) is 17.6 Å². The average molecular weight is 338 g/mol. The van der Waals surface area contributed by atoms with E-state index in [1.807, 2.05) is 23.1 Å². The Bertz CT molecular complexity index is 710. The summed E-state index contributed by atoms with van der Waals surface area (Å²) >= 11 is 0. The van der Waals surface area contributed by atoms with Gasteiger partial charge >= 0.3 is 6.03 Å². The van der Waals surface area contributed by atoms with E-state index in [2.05, 4.69) is 11.9 Å². The number of carbonyl (C=O) groups excluding carboxylic acids is 1. The molecule has 2 amide bonds. The van der Waals surface area contributed by atoms with E-state index in [9.17, 15) is 4.79 Å². The number of carbonyl (C=O) groups is 1. The molecule has 2 fully saturated rings. The topological polar surface area (TPSA) is 84.4 Å². The summed E-state index contributed by atoms with van der Waals surface area (Å²) in [6.07, 6.45) is 10.6. The zero-order valence-corrected chi connectivity index (χ0v) is 14.4. The number of nitrogens with one attached hydrogen (secondary N) is 1. The van der Waals surface area contributed by atoms with Gasteiger partial charge in [-0.3, -0.25) is 0 Å². The standard InChI is InChI=1S/C20H26N4O/c1-2-4-14(9-10-21)15-7-8-18(22)19(11-15)23-20(25)24-12-16-5-3-6-17(16)13-24/h2,4,7-11,16-17H,1,3,5-6,12-13,21-22H2,(H,23,25)/b10-9-,14-4+. The fourth-order valence-electron chi connectivity index (χ4n) is 3.92. The minimum absolute atomic E-state index is 0.0677. The van der Waals surface area contributed by atoms with Crippen molar-refractivity contribution in [3.63, 3.8) is 0 Å². The molecule has 0 radical (unpaired) electrons. The van der Waals surface area contributed by atoms with Gasteiger partial charge in [0, 0.05) is 13.1 Å². The molecule has 5 nitrogen and oxygen atoms in total. The summed E-state index contributed by atoms with van der Waals surface area (Å²) in [6, 6.07) is 5.51. The Balaban J connectivity index is 1.75. The van der Waals surface area contributed by atoms with E-state index >= 15 is 0 Å². The molecule has 0 aromatic heterocycles. The Labute approximate surface area is 149 Å². The van der Waals surface area contributed by atoms with E-state index in [-0.39, 0.29) is 6.03 Å². The van der Waals surface area contributed by atoms with Gasteiger partial charge in [-0.2, -0.15) is 0 Å². The molecule has 3 rings (SSSR count). The number of hydrogen-bond donors (Lipinski definition) is 3. The highest BCUT2D eigenvalue weighted by atomic mass is 16.2. The van der Waals surface area contributed by atoms with Gasteiger partial charge in [-0.1, -0.05) is 31.2 Å². The van der Waals surface area contributed by atoms with Crippen LogP contribution in [0.4, 0.5) is 16.2 Å². The van der Waals surface area contributed by atoms with Gasteiger partial charge in [0.1, 0.15) is 0 Å². The summed E-state index contributed by atoms with van der Waals surface area (Å²) in [5.41, 5.74) is 14.6. The number of nitrogen functional groups attached to an aromatic ring is 1. The molecule has 2 unspecified atom stereocenters. The van der Waals surface area contributed by atoms with Crippen LogP contribution >= 0.6 is 0 Å². The van der Waals surface area contributed by atoms with Crippen LogP contribution in [0.15, 0.2) is 49.2 Å². The Morgan fingerprint density at radius 3 is 2.64 bits per heavy atom. The molecule has 1 aromatic rings. The van der Waals surface area contributed by atoms with Crippen molar-refractivity contribution >= 4 is 23.0 Å². The SMILES string of the molecule is C=C/C=C(\C=C/N)c1ccc(N)c(NC(=O)N2CC3CCCC3C2)c1. The minimum Gasteiger partial charge on any atom is -0.405 e. The Kier molecular flexibility index (Phi) is 5.12. The van der Waals surface area contributed by atoms with Crippen LogP contribution in [0.3, 0.4) is 0 Å². The van der Waals surface area contributed by atoms with Crippen LogP contribution in [-0.2, 0) is 0 Å². The minimum atomic E-state index is -0.0677. The van der Waals surface area contributed by atoms with E-state index < -0.39 is 0 Å². The number of anilines is 2. The van der Waals surface area contributed by atoms with Crippen LogP contribution in [0.5, 0.6) is 0 Å². The summed E-state index contributed by atoms with van der Waals surface area (Å²) in [4.78, 5) is 14.5. The van der Waals surface area contributed by atoms with Crippen LogP contribution in [0.1, 0.15) is 24.8 Å². The lowest BCUT2D eigenvalue weighted by Gasteiger charge is -2.19. The van der Waals surface area contributed by atoms with E-state index in [1.165, 1.54) is 25.5 Å². The van der Waals surface area contributed by atoms with E-state index in [1.54, 1.807) is 18.2 Å². The molecule has 2 aliphatic rings. The average Bonchev–Trinajstić information content (AvgIpc) is 3.18. The van der Waals surface area contributed by atoms with Gasteiger partial charge in [0.25, 0.3) is 0 Å². The largest absolute Gasteiger partial charge is 0.405 e. The number of nitrogens with zero attached hydrogens (tertiary/aromatic N) is 1. The quantitative estimate of drug-likeness (QED) is 0.579. The maximum atomic E-state index is 12.6. The number of likely N-dealkylation sites (tertiary alicyclic amines) is 1. The number of benzene rings is 1. The second-order valence-corrected chi connectivity index (χ2v) is 6.81. The molecule has 132 valence electrons. The second-order valence-electron chi connectivity index (χ2n) is 6.81. The van der Waals surface area contributed by atoms with Crippen molar-refractivity contribution in [2.75, 3.05) is 24.1 Å². The Morgan fingerprint density at radius 1 is 1.28 bits per heavy atom. The number of allylic oxidation sites excluding steroid dienone is 4. The molecule has 1 aliphatic carbocycles. The number of fused-ring (bicyclic) bond motifs is 1. The van der Waals surface area contributed by atoms with Crippen molar-refractivity contribution in [1.29, 1.82) is 0 Å². The van der Waals surface area contributed by atoms with Crippen molar-refractivity contribution in [2.45, 2.75) is 19.3 Å². The van der Waals surface area contributed by atoms with Gasteiger partial charge < -0.3 is 21.7 Å². The van der Waals surface area contributed by atoms with Crippen molar-refractivity contribution in [1.82, 2.24) is 4.90 Å². The predicted octanol–water partition coefficient (Wildman–Crippen LogP) is 3.57. The third kappa shape index (κ3) is 3.71. The molecule has 5 heteroatoms. The van der Waals surface area contributed by atoms with Gasteiger partial charge in [-0.05, 0) is 60.2 Å². The summed E-state index contributed by atoms with van der Waals surface area (Å²) < 4.78 is 0. The number of hydrogen-bond acceptors (Lipinski definition) is 3. The monoisotopic (exact) mass is 338 g/mol. The third-order valence-corrected chi connectivity index (χ3v) is 5.21. The molecule has 1 saturated carbocycles. The van der Waals surface area contributed by atoms with Gasteiger partial charge in [0.15, 0.2) is 0 Å². The van der Waals surface area contributed by atoms with Crippen LogP contribution in [-0.4, -0.2) is 24.0 Å². The molecule has 2 atom stereocenters. The molecular formula is C20H26N4O. The second kappa shape index (κ2) is 7.47. The normalized spacial score (nSPS) is 23.0. The maximum Gasteiger partial charge on any atom is 0.321 e. The van der Waals surface area contributed by atoms with Crippen LogP contribution in [0.2, 0.25) is 0 Å². The van der Waals surface area contributed by atoms with Gasteiger partial charge in [0.2, 0.25) is 0 Å². The first kappa shape index (κ1) is 17.1.